The maximum absolute atomic E-state index is 5.60. The first-order valence-electron chi connectivity index (χ1n) is 9.81. The van der Waals surface area contributed by atoms with E-state index < -0.39 is 0 Å². The predicted molar refractivity (Wildman–Crippen MR) is 106 cm³/mol. The van der Waals surface area contributed by atoms with Crippen molar-refractivity contribution < 1.29 is 9.47 Å². The Morgan fingerprint density at radius 2 is 2.08 bits per heavy atom. The molecule has 1 aromatic heterocycles. The van der Waals surface area contributed by atoms with Crippen LogP contribution in [0.1, 0.15) is 51.5 Å². The van der Waals surface area contributed by atoms with Gasteiger partial charge in [0.05, 0.1) is 13.2 Å². The molecule has 1 aliphatic rings. The van der Waals surface area contributed by atoms with E-state index in [1.54, 1.807) is 13.3 Å². The summed E-state index contributed by atoms with van der Waals surface area (Å²) in [7, 11) is 1.78. The van der Waals surface area contributed by atoms with Gasteiger partial charge in [0.1, 0.15) is 0 Å². The number of hydrogen-bond acceptors (Lipinski definition) is 4. The van der Waals surface area contributed by atoms with Gasteiger partial charge in [-0.05, 0) is 44.6 Å². The number of rotatable bonds is 10. The van der Waals surface area contributed by atoms with Crippen LogP contribution in [0.15, 0.2) is 23.3 Å². The normalized spacial score (nSPS) is 16.5. The summed E-state index contributed by atoms with van der Waals surface area (Å²) in [5.41, 5.74) is 1.33. The highest BCUT2D eigenvalue weighted by atomic mass is 16.5. The zero-order valence-corrected chi connectivity index (χ0v) is 16.5. The minimum atomic E-state index is 0.330. The standard InChI is InChI=1S/C20H34N4O2/c1-4-21-19(23-15-17-9-8-13-22-18(17)26-5-2)24-16-20(12-14-25-3)10-6-7-11-20/h8-9,13H,4-7,10-12,14-16H2,1-3H3,(H2,21,23,24). The van der Waals surface area contributed by atoms with E-state index in [0.29, 0.717) is 24.4 Å². The second kappa shape index (κ2) is 11.0. The summed E-state index contributed by atoms with van der Waals surface area (Å²) in [6.45, 7) is 7.80. The van der Waals surface area contributed by atoms with Crippen LogP contribution in [0.3, 0.4) is 0 Å². The number of aliphatic imine (C=N–C) groups is 1. The van der Waals surface area contributed by atoms with Crippen molar-refractivity contribution in [3.8, 4) is 5.88 Å². The number of methoxy groups -OCH3 is 1. The third kappa shape index (κ3) is 6.16. The van der Waals surface area contributed by atoms with Gasteiger partial charge >= 0.3 is 0 Å². The highest BCUT2D eigenvalue weighted by Gasteiger charge is 2.33. The van der Waals surface area contributed by atoms with E-state index in [4.69, 9.17) is 14.5 Å². The van der Waals surface area contributed by atoms with Gasteiger partial charge in [-0.2, -0.15) is 0 Å². The molecule has 1 aromatic rings. The van der Waals surface area contributed by atoms with E-state index in [1.165, 1.54) is 25.7 Å². The van der Waals surface area contributed by atoms with Crippen LogP contribution in [0, 0.1) is 5.41 Å². The van der Waals surface area contributed by atoms with Crippen molar-refractivity contribution >= 4 is 5.96 Å². The van der Waals surface area contributed by atoms with Crippen molar-refractivity contribution in [3.63, 3.8) is 0 Å². The minimum absolute atomic E-state index is 0.330. The Bertz CT molecular complexity index is 556. The number of aromatic nitrogens is 1. The van der Waals surface area contributed by atoms with Gasteiger partial charge in [0, 0.05) is 38.6 Å². The van der Waals surface area contributed by atoms with Gasteiger partial charge in [-0.15, -0.1) is 0 Å². The summed E-state index contributed by atoms with van der Waals surface area (Å²) in [6.07, 6.45) is 8.01. The molecule has 26 heavy (non-hydrogen) atoms. The van der Waals surface area contributed by atoms with Crippen LogP contribution in [0.2, 0.25) is 0 Å². The van der Waals surface area contributed by atoms with Crippen molar-refractivity contribution in [2.75, 3.05) is 33.4 Å². The smallest absolute Gasteiger partial charge is 0.218 e. The highest BCUT2D eigenvalue weighted by Crippen LogP contribution is 2.40. The van der Waals surface area contributed by atoms with E-state index in [0.717, 1.165) is 37.6 Å². The molecule has 6 nitrogen and oxygen atoms in total. The quantitative estimate of drug-likeness (QED) is 0.494. The van der Waals surface area contributed by atoms with E-state index in [1.807, 2.05) is 19.1 Å². The van der Waals surface area contributed by atoms with Crippen LogP contribution in [0.5, 0.6) is 5.88 Å². The monoisotopic (exact) mass is 362 g/mol. The van der Waals surface area contributed by atoms with Crippen LogP contribution >= 0.6 is 0 Å². The minimum Gasteiger partial charge on any atom is -0.478 e. The zero-order chi connectivity index (χ0) is 18.7. The van der Waals surface area contributed by atoms with Crippen LogP contribution < -0.4 is 15.4 Å². The average molecular weight is 363 g/mol. The summed E-state index contributed by atoms with van der Waals surface area (Å²) in [6, 6.07) is 3.94. The lowest BCUT2D eigenvalue weighted by atomic mass is 9.83. The average Bonchev–Trinajstić information content (AvgIpc) is 3.13. The fraction of sp³-hybridized carbons (Fsp3) is 0.700. The largest absolute Gasteiger partial charge is 0.478 e. The number of ether oxygens (including phenoxy) is 2. The molecular formula is C20H34N4O2. The van der Waals surface area contributed by atoms with Crippen LogP contribution in [-0.2, 0) is 11.3 Å². The molecule has 0 radical (unpaired) electrons. The molecule has 0 amide bonds. The highest BCUT2D eigenvalue weighted by molar-refractivity contribution is 5.79. The number of hydrogen-bond donors (Lipinski definition) is 2. The lowest BCUT2D eigenvalue weighted by Gasteiger charge is -2.30. The van der Waals surface area contributed by atoms with Crippen LogP contribution in [-0.4, -0.2) is 44.4 Å². The lowest BCUT2D eigenvalue weighted by Crippen LogP contribution is -2.43. The van der Waals surface area contributed by atoms with Gasteiger partial charge in [-0.1, -0.05) is 18.9 Å². The van der Waals surface area contributed by atoms with Gasteiger partial charge in [0.25, 0.3) is 0 Å². The molecule has 146 valence electrons. The topological polar surface area (TPSA) is 67.8 Å². The number of pyridine rings is 1. The fourth-order valence-corrected chi connectivity index (χ4v) is 3.55. The lowest BCUT2D eigenvalue weighted by molar-refractivity contribution is 0.138. The molecule has 1 heterocycles. The molecule has 6 heteroatoms. The molecule has 0 spiro atoms. The Kier molecular flexibility index (Phi) is 8.68. The van der Waals surface area contributed by atoms with E-state index in [2.05, 4.69) is 22.5 Å². The summed E-state index contributed by atoms with van der Waals surface area (Å²) in [5.74, 6) is 1.52. The maximum atomic E-state index is 5.60. The van der Waals surface area contributed by atoms with Crippen molar-refractivity contribution in [3.05, 3.63) is 23.9 Å². The molecule has 0 unspecified atom stereocenters. The van der Waals surface area contributed by atoms with E-state index in [9.17, 15) is 0 Å². The van der Waals surface area contributed by atoms with Gasteiger partial charge < -0.3 is 20.1 Å². The summed E-state index contributed by atoms with van der Waals surface area (Å²) in [4.78, 5) is 9.04. The predicted octanol–water partition coefficient (Wildman–Crippen LogP) is 3.13. The Morgan fingerprint density at radius 3 is 2.77 bits per heavy atom. The molecule has 0 aromatic carbocycles. The third-order valence-corrected chi connectivity index (χ3v) is 5.01. The third-order valence-electron chi connectivity index (χ3n) is 5.01. The fourth-order valence-electron chi connectivity index (χ4n) is 3.55. The molecule has 1 fully saturated rings. The molecule has 2 N–H and O–H groups in total. The van der Waals surface area contributed by atoms with Gasteiger partial charge in [0.2, 0.25) is 5.88 Å². The summed E-state index contributed by atoms with van der Waals surface area (Å²) >= 11 is 0. The Labute approximate surface area is 157 Å². The van der Waals surface area contributed by atoms with Crippen molar-refractivity contribution in [1.29, 1.82) is 0 Å². The first kappa shape index (κ1) is 20.5. The number of nitrogens with one attached hydrogen (secondary N) is 2. The maximum Gasteiger partial charge on any atom is 0.218 e. The second-order valence-corrected chi connectivity index (χ2v) is 6.90. The molecule has 0 bridgehead atoms. The van der Waals surface area contributed by atoms with E-state index >= 15 is 0 Å². The zero-order valence-electron chi connectivity index (χ0n) is 16.5. The first-order chi connectivity index (χ1) is 12.7. The molecule has 0 saturated heterocycles. The number of nitrogens with zero attached hydrogens (tertiary/aromatic N) is 2. The Balaban J connectivity index is 2.00. The molecule has 2 rings (SSSR count). The van der Waals surface area contributed by atoms with Crippen LogP contribution in [0.4, 0.5) is 0 Å². The molecule has 0 atom stereocenters. The van der Waals surface area contributed by atoms with Crippen molar-refractivity contribution in [2.45, 2.75) is 52.5 Å². The summed E-state index contributed by atoms with van der Waals surface area (Å²) in [5, 5.41) is 6.90. The van der Waals surface area contributed by atoms with Gasteiger partial charge in [-0.3, -0.25) is 0 Å². The molecule has 0 aliphatic heterocycles. The molecule has 1 saturated carbocycles. The van der Waals surface area contributed by atoms with Gasteiger partial charge in [-0.25, -0.2) is 9.98 Å². The van der Waals surface area contributed by atoms with Crippen molar-refractivity contribution in [1.82, 2.24) is 15.6 Å². The van der Waals surface area contributed by atoms with Gasteiger partial charge in [0.15, 0.2) is 5.96 Å². The molecule has 1 aliphatic carbocycles. The summed E-state index contributed by atoms with van der Waals surface area (Å²) < 4.78 is 10.9. The first-order valence-corrected chi connectivity index (χ1v) is 9.81. The van der Waals surface area contributed by atoms with E-state index in [-0.39, 0.29) is 0 Å². The second-order valence-electron chi connectivity index (χ2n) is 6.90. The van der Waals surface area contributed by atoms with Crippen molar-refractivity contribution in [2.24, 2.45) is 10.4 Å². The van der Waals surface area contributed by atoms with Crippen LogP contribution in [0.25, 0.3) is 0 Å². The Hall–Kier alpha value is -1.82. The Morgan fingerprint density at radius 1 is 1.27 bits per heavy atom. The molecular weight excluding hydrogens is 328 g/mol. The SMILES string of the molecule is CCNC(=NCc1cccnc1OCC)NCC1(CCOC)CCCC1. The number of guanidine groups is 1.